The second-order valence-electron chi connectivity index (χ2n) is 7.91. The van der Waals surface area contributed by atoms with Crippen LogP contribution in [0.1, 0.15) is 44.1 Å². The number of aryl methyl sites for hydroxylation is 1. The Bertz CT molecular complexity index is 670. The van der Waals surface area contributed by atoms with Gasteiger partial charge in [-0.25, -0.2) is 0 Å². The van der Waals surface area contributed by atoms with Crippen molar-refractivity contribution in [3.8, 4) is 5.75 Å². The molecule has 2 fully saturated rings. The summed E-state index contributed by atoms with van der Waals surface area (Å²) in [6.07, 6.45) is 6.79. The average molecular weight is 387 g/mol. The van der Waals surface area contributed by atoms with Gasteiger partial charge in [-0.15, -0.1) is 0 Å². The molecule has 0 bridgehead atoms. The smallest absolute Gasteiger partial charge is 0.225 e. The summed E-state index contributed by atoms with van der Waals surface area (Å²) in [5.74, 6) is 2.27. The molecule has 28 heavy (non-hydrogen) atoms. The highest BCUT2D eigenvalue weighted by Crippen LogP contribution is 2.26. The number of guanidine groups is 1. The van der Waals surface area contributed by atoms with E-state index in [1.165, 1.54) is 24.8 Å². The minimum atomic E-state index is 0.253. The zero-order chi connectivity index (χ0) is 19.8. The van der Waals surface area contributed by atoms with Crippen molar-refractivity contribution in [1.82, 2.24) is 15.5 Å². The van der Waals surface area contributed by atoms with Gasteiger partial charge in [-0.05, 0) is 43.9 Å². The van der Waals surface area contributed by atoms with Crippen LogP contribution in [0.3, 0.4) is 0 Å². The first-order valence-corrected chi connectivity index (χ1v) is 10.6. The third kappa shape index (κ3) is 5.88. The van der Waals surface area contributed by atoms with Crippen molar-refractivity contribution < 1.29 is 9.53 Å². The highest BCUT2D eigenvalue weighted by atomic mass is 16.5. The first kappa shape index (κ1) is 20.5. The van der Waals surface area contributed by atoms with Gasteiger partial charge >= 0.3 is 0 Å². The molecule has 6 heteroatoms. The summed E-state index contributed by atoms with van der Waals surface area (Å²) >= 11 is 0. The van der Waals surface area contributed by atoms with E-state index in [0.717, 1.165) is 44.1 Å². The van der Waals surface area contributed by atoms with Crippen molar-refractivity contribution in [3.05, 3.63) is 29.8 Å². The predicted octanol–water partition coefficient (Wildman–Crippen LogP) is 2.72. The molecule has 1 aromatic carbocycles. The van der Waals surface area contributed by atoms with Gasteiger partial charge in [-0.1, -0.05) is 31.4 Å². The van der Waals surface area contributed by atoms with E-state index in [1.807, 2.05) is 23.1 Å². The fourth-order valence-electron chi connectivity index (χ4n) is 4.12. The maximum absolute atomic E-state index is 12.7. The maximum Gasteiger partial charge on any atom is 0.225 e. The zero-order valence-electron chi connectivity index (χ0n) is 17.2. The molecule has 6 nitrogen and oxygen atoms in total. The van der Waals surface area contributed by atoms with Crippen molar-refractivity contribution in [3.63, 3.8) is 0 Å². The SMILES string of the molecule is CN=C(NCCOc1cccc(C)c1)NC1CCN(C(=O)C2CCCCC2)C1. The molecule has 1 atom stereocenters. The number of likely N-dealkylation sites (tertiary alicyclic amines) is 1. The van der Waals surface area contributed by atoms with Gasteiger partial charge in [0.15, 0.2) is 5.96 Å². The number of nitrogens with zero attached hydrogens (tertiary/aromatic N) is 2. The summed E-state index contributed by atoms with van der Waals surface area (Å²) in [5.41, 5.74) is 1.19. The Kier molecular flexibility index (Phi) is 7.57. The number of hydrogen-bond acceptors (Lipinski definition) is 3. The molecule has 1 saturated heterocycles. The number of amides is 1. The number of aliphatic imine (C=N–C) groups is 1. The molecular formula is C22H34N4O2. The number of nitrogens with one attached hydrogen (secondary N) is 2. The summed E-state index contributed by atoms with van der Waals surface area (Å²) in [7, 11) is 1.77. The number of ether oxygens (including phenoxy) is 1. The Morgan fingerprint density at radius 3 is 2.82 bits per heavy atom. The Hall–Kier alpha value is -2.24. The highest BCUT2D eigenvalue weighted by Gasteiger charge is 2.31. The first-order chi connectivity index (χ1) is 13.7. The van der Waals surface area contributed by atoms with E-state index in [-0.39, 0.29) is 12.0 Å². The van der Waals surface area contributed by atoms with Gasteiger partial charge in [-0.3, -0.25) is 9.79 Å². The average Bonchev–Trinajstić information content (AvgIpc) is 3.19. The van der Waals surface area contributed by atoms with E-state index in [0.29, 0.717) is 19.1 Å². The molecule has 154 valence electrons. The standard InChI is InChI=1S/C22H34N4O2/c1-17-7-6-10-20(15-17)28-14-12-24-22(23-2)25-19-11-13-26(16-19)21(27)18-8-4-3-5-9-18/h6-7,10,15,18-19H,3-5,8-9,11-14,16H2,1-2H3,(H2,23,24,25). The molecule has 1 heterocycles. The number of carbonyl (C=O) groups excluding carboxylic acids is 1. The summed E-state index contributed by atoms with van der Waals surface area (Å²) in [5, 5.41) is 6.75. The summed E-state index contributed by atoms with van der Waals surface area (Å²) in [6, 6.07) is 8.32. The minimum Gasteiger partial charge on any atom is -0.492 e. The normalized spacial score (nSPS) is 20.9. The van der Waals surface area contributed by atoms with Crippen LogP contribution in [0.15, 0.2) is 29.3 Å². The lowest BCUT2D eigenvalue weighted by atomic mass is 9.88. The lowest BCUT2D eigenvalue weighted by molar-refractivity contribution is -0.135. The number of rotatable bonds is 6. The second-order valence-corrected chi connectivity index (χ2v) is 7.91. The maximum atomic E-state index is 12.7. The molecule has 1 amide bonds. The van der Waals surface area contributed by atoms with Gasteiger partial charge in [0.25, 0.3) is 0 Å². The van der Waals surface area contributed by atoms with Crippen LogP contribution in [0.4, 0.5) is 0 Å². The van der Waals surface area contributed by atoms with E-state index < -0.39 is 0 Å². The molecule has 2 aliphatic rings. The summed E-state index contributed by atoms with van der Waals surface area (Å²) in [4.78, 5) is 19.1. The van der Waals surface area contributed by atoms with E-state index in [2.05, 4.69) is 28.6 Å². The van der Waals surface area contributed by atoms with Gasteiger partial charge in [-0.2, -0.15) is 0 Å². The molecule has 1 unspecified atom stereocenters. The molecule has 2 N–H and O–H groups in total. The van der Waals surface area contributed by atoms with Gasteiger partial charge < -0.3 is 20.3 Å². The molecule has 0 aromatic heterocycles. The van der Waals surface area contributed by atoms with Crippen LogP contribution in [0.25, 0.3) is 0 Å². The Morgan fingerprint density at radius 2 is 2.07 bits per heavy atom. The van der Waals surface area contributed by atoms with E-state index in [9.17, 15) is 4.79 Å². The van der Waals surface area contributed by atoms with Gasteiger partial charge in [0.2, 0.25) is 5.91 Å². The van der Waals surface area contributed by atoms with E-state index in [1.54, 1.807) is 7.05 Å². The van der Waals surface area contributed by atoms with Crippen molar-refractivity contribution in [2.24, 2.45) is 10.9 Å². The lowest BCUT2D eigenvalue weighted by Crippen LogP contribution is -2.46. The third-order valence-corrected chi connectivity index (χ3v) is 5.67. The molecule has 1 aromatic rings. The van der Waals surface area contributed by atoms with Crippen LogP contribution in [-0.4, -0.2) is 56.1 Å². The molecular weight excluding hydrogens is 352 g/mol. The van der Waals surface area contributed by atoms with Crippen molar-refractivity contribution in [2.75, 3.05) is 33.3 Å². The van der Waals surface area contributed by atoms with Gasteiger partial charge in [0.05, 0.1) is 6.54 Å². The van der Waals surface area contributed by atoms with Crippen molar-refractivity contribution in [2.45, 2.75) is 51.5 Å². The molecule has 1 aliphatic carbocycles. The lowest BCUT2D eigenvalue weighted by Gasteiger charge is -2.26. The number of benzene rings is 1. The second kappa shape index (κ2) is 10.3. The fourth-order valence-corrected chi connectivity index (χ4v) is 4.12. The number of carbonyl (C=O) groups is 1. The number of hydrogen-bond donors (Lipinski definition) is 2. The van der Waals surface area contributed by atoms with Crippen LogP contribution >= 0.6 is 0 Å². The molecule has 0 spiro atoms. The largest absolute Gasteiger partial charge is 0.492 e. The summed E-state index contributed by atoms with van der Waals surface area (Å²) in [6.45, 7) is 4.92. The fraction of sp³-hybridized carbons (Fsp3) is 0.636. The Morgan fingerprint density at radius 1 is 1.25 bits per heavy atom. The predicted molar refractivity (Wildman–Crippen MR) is 113 cm³/mol. The van der Waals surface area contributed by atoms with Crippen molar-refractivity contribution >= 4 is 11.9 Å². The minimum absolute atomic E-state index is 0.253. The Labute approximate surface area is 168 Å². The molecule has 3 rings (SSSR count). The van der Waals surface area contributed by atoms with Crippen LogP contribution in [0.5, 0.6) is 5.75 Å². The van der Waals surface area contributed by atoms with Gasteiger partial charge in [0, 0.05) is 32.1 Å². The Balaban J connectivity index is 1.37. The van der Waals surface area contributed by atoms with Crippen LogP contribution in [-0.2, 0) is 4.79 Å². The topological polar surface area (TPSA) is 66.0 Å². The first-order valence-electron chi connectivity index (χ1n) is 10.6. The molecule has 1 aliphatic heterocycles. The monoisotopic (exact) mass is 386 g/mol. The summed E-state index contributed by atoms with van der Waals surface area (Å²) < 4.78 is 5.77. The molecule has 0 radical (unpaired) electrons. The third-order valence-electron chi connectivity index (χ3n) is 5.67. The quantitative estimate of drug-likeness (QED) is 0.448. The molecule has 1 saturated carbocycles. The van der Waals surface area contributed by atoms with Crippen molar-refractivity contribution in [1.29, 1.82) is 0 Å². The zero-order valence-corrected chi connectivity index (χ0v) is 17.2. The van der Waals surface area contributed by atoms with E-state index in [4.69, 9.17) is 4.74 Å². The highest BCUT2D eigenvalue weighted by molar-refractivity contribution is 5.81. The van der Waals surface area contributed by atoms with Crippen LogP contribution in [0, 0.1) is 12.8 Å². The van der Waals surface area contributed by atoms with Gasteiger partial charge in [0.1, 0.15) is 12.4 Å². The van der Waals surface area contributed by atoms with Crippen LogP contribution < -0.4 is 15.4 Å². The van der Waals surface area contributed by atoms with E-state index >= 15 is 0 Å². The van der Waals surface area contributed by atoms with Crippen LogP contribution in [0.2, 0.25) is 0 Å².